The van der Waals surface area contributed by atoms with Gasteiger partial charge in [-0.25, -0.2) is 0 Å². The van der Waals surface area contributed by atoms with E-state index < -0.39 is 36.0 Å². The van der Waals surface area contributed by atoms with Gasteiger partial charge in [0.05, 0.1) is 0 Å². The van der Waals surface area contributed by atoms with E-state index in [1.165, 1.54) is 0 Å². The van der Waals surface area contributed by atoms with Crippen LogP contribution in [0.15, 0.2) is 121 Å². The summed E-state index contributed by atoms with van der Waals surface area (Å²) in [6.07, 6.45) is 0.770. The Hall–Kier alpha value is -4.83. The number of aliphatic carboxylic acids is 3. The van der Waals surface area contributed by atoms with Gasteiger partial charge in [0.15, 0.2) is 0 Å². The zero-order valence-electron chi connectivity index (χ0n) is 23.1. The molecule has 0 aromatic heterocycles. The predicted molar refractivity (Wildman–Crippen MR) is 162 cm³/mol. The maximum absolute atomic E-state index is 11.2. The normalized spacial score (nSPS) is 12.4. The van der Waals surface area contributed by atoms with Gasteiger partial charge in [0.2, 0.25) is 0 Å². The first kappa shape index (κ1) is 33.4. The number of benzene rings is 4. The molecule has 4 aromatic carbocycles. The zero-order chi connectivity index (χ0) is 30.9. The summed E-state index contributed by atoms with van der Waals surface area (Å²) in [6.45, 7) is 0. The molecule has 0 saturated carbocycles. The van der Waals surface area contributed by atoms with E-state index in [0.29, 0.717) is 12.8 Å². The number of carboxylic acid groups (broad SMARTS) is 3. The van der Waals surface area contributed by atoms with E-state index in [1.807, 2.05) is 121 Å². The third-order valence-corrected chi connectivity index (χ3v) is 6.19. The predicted octanol–water partition coefficient (Wildman–Crippen LogP) is 3.51. The van der Waals surface area contributed by atoms with Crippen LogP contribution in [0, 0.1) is 0 Å². The second-order valence-corrected chi connectivity index (χ2v) is 9.43. The Morgan fingerprint density at radius 3 is 1.02 bits per heavy atom. The molecule has 220 valence electrons. The quantitative estimate of drug-likeness (QED) is 0.165. The topological polar surface area (TPSA) is 190 Å². The van der Waals surface area contributed by atoms with Gasteiger partial charge in [-0.15, -0.1) is 0 Å². The van der Waals surface area contributed by atoms with Crippen molar-refractivity contribution < 1.29 is 29.7 Å². The number of rotatable bonds is 10. The maximum Gasteiger partial charge on any atom is 0.321 e. The Morgan fingerprint density at radius 1 is 0.476 bits per heavy atom. The number of carboxylic acids is 3. The summed E-state index contributed by atoms with van der Waals surface area (Å²) in [7, 11) is 0. The second kappa shape index (κ2) is 17.8. The molecule has 0 aliphatic heterocycles. The molecule has 1 unspecified atom stereocenters. The number of nitrogens with two attached hydrogens (primary N) is 3. The SMILES string of the molecule is NC(C(=O)O)C(c1ccccc1)c1ccccc1.N[C@@H](Cc1ccccc1)C(=O)O.N[C@@H](Cc1ccccc1)C(=O)O. The van der Waals surface area contributed by atoms with Crippen molar-refractivity contribution in [3.05, 3.63) is 144 Å². The lowest BCUT2D eigenvalue weighted by Crippen LogP contribution is -2.37. The van der Waals surface area contributed by atoms with Crippen molar-refractivity contribution in [2.45, 2.75) is 36.9 Å². The minimum atomic E-state index is -0.993. The van der Waals surface area contributed by atoms with Gasteiger partial charge in [-0.2, -0.15) is 0 Å². The van der Waals surface area contributed by atoms with E-state index in [9.17, 15) is 14.4 Å². The van der Waals surface area contributed by atoms with Crippen molar-refractivity contribution in [2.75, 3.05) is 0 Å². The van der Waals surface area contributed by atoms with E-state index in [2.05, 4.69) is 0 Å². The summed E-state index contributed by atoms with van der Waals surface area (Å²) >= 11 is 0. The molecule has 9 N–H and O–H groups in total. The van der Waals surface area contributed by atoms with Gasteiger partial charge in [0.25, 0.3) is 0 Å². The maximum atomic E-state index is 11.2. The molecule has 42 heavy (non-hydrogen) atoms. The van der Waals surface area contributed by atoms with Crippen molar-refractivity contribution >= 4 is 17.9 Å². The fourth-order valence-electron chi connectivity index (χ4n) is 3.98. The van der Waals surface area contributed by atoms with Gasteiger partial charge >= 0.3 is 17.9 Å². The minimum Gasteiger partial charge on any atom is -0.480 e. The smallest absolute Gasteiger partial charge is 0.321 e. The van der Waals surface area contributed by atoms with Gasteiger partial charge in [0, 0.05) is 5.92 Å². The molecule has 0 heterocycles. The monoisotopic (exact) mass is 571 g/mol. The van der Waals surface area contributed by atoms with Crippen molar-refractivity contribution in [1.29, 1.82) is 0 Å². The number of hydrogen-bond acceptors (Lipinski definition) is 6. The minimum absolute atomic E-state index is 0.329. The van der Waals surface area contributed by atoms with Crippen LogP contribution in [-0.2, 0) is 27.2 Å². The van der Waals surface area contributed by atoms with Crippen LogP contribution in [0.1, 0.15) is 28.2 Å². The average molecular weight is 572 g/mol. The lowest BCUT2D eigenvalue weighted by atomic mass is 9.85. The van der Waals surface area contributed by atoms with Crippen LogP contribution in [0.4, 0.5) is 0 Å². The standard InChI is InChI=1S/C15H15NO2.2C9H11NO2/c16-14(15(17)18)13(11-7-3-1-4-8-11)12-9-5-2-6-10-12;2*10-8(9(11)12)6-7-4-2-1-3-5-7/h1-10,13-14H,16H2,(H,17,18);2*1-5,8H,6,10H2,(H,11,12)/t;2*8-/m.00/s1. The largest absolute Gasteiger partial charge is 0.480 e. The first-order chi connectivity index (χ1) is 20.1. The van der Waals surface area contributed by atoms with E-state index in [4.69, 9.17) is 32.5 Å². The van der Waals surface area contributed by atoms with Crippen LogP contribution in [0.2, 0.25) is 0 Å². The Labute approximate surface area is 245 Å². The summed E-state index contributed by atoms with van der Waals surface area (Å²) in [4.78, 5) is 31.9. The van der Waals surface area contributed by atoms with E-state index >= 15 is 0 Å². The number of carbonyl (C=O) groups is 3. The van der Waals surface area contributed by atoms with E-state index in [0.717, 1.165) is 22.3 Å². The highest BCUT2D eigenvalue weighted by Crippen LogP contribution is 2.27. The molecule has 0 saturated heterocycles. The summed E-state index contributed by atoms with van der Waals surface area (Å²) in [5.74, 6) is -3.24. The summed E-state index contributed by atoms with van der Waals surface area (Å²) < 4.78 is 0. The van der Waals surface area contributed by atoms with Gasteiger partial charge in [0.1, 0.15) is 18.1 Å². The molecule has 4 rings (SSSR count). The van der Waals surface area contributed by atoms with E-state index in [1.54, 1.807) is 0 Å². The Bertz CT molecular complexity index is 1260. The molecule has 0 amide bonds. The first-order valence-corrected chi connectivity index (χ1v) is 13.2. The highest BCUT2D eigenvalue weighted by molar-refractivity contribution is 5.76. The van der Waals surface area contributed by atoms with Gasteiger partial charge in [-0.3, -0.25) is 14.4 Å². The summed E-state index contributed by atoms with van der Waals surface area (Å²) in [5.41, 5.74) is 20.3. The highest BCUT2D eigenvalue weighted by Gasteiger charge is 2.27. The Balaban J connectivity index is 0.000000228. The van der Waals surface area contributed by atoms with Crippen molar-refractivity contribution in [3.8, 4) is 0 Å². The van der Waals surface area contributed by atoms with Gasteiger partial charge < -0.3 is 32.5 Å². The molecule has 9 nitrogen and oxygen atoms in total. The van der Waals surface area contributed by atoms with Crippen molar-refractivity contribution in [1.82, 2.24) is 0 Å². The molecular formula is C33H37N3O6. The Kier molecular flexibility index (Phi) is 14.1. The molecule has 3 atom stereocenters. The lowest BCUT2D eigenvalue weighted by molar-refractivity contribution is -0.139. The fourth-order valence-corrected chi connectivity index (χ4v) is 3.98. The molecule has 0 radical (unpaired) electrons. The molecule has 0 aliphatic carbocycles. The molecule has 9 heteroatoms. The first-order valence-electron chi connectivity index (χ1n) is 13.2. The van der Waals surface area contributed by atoms with Crippen LogP contribution in [0.5, 0.6) is 0 Å². The summed E-state index contributed by atoms with van der Waals surface area (Å²) in [6, 6.07) is 35.1. The third-order valence-electron chi connectivity index (χ3n) is 6.19. The van der Waals surface area contributed by atoms with Crippen molar-refractivity contribution in [2.24, 2.45) is 17.2 Å². The van der Waals surface area contributed by atoms with Gasteiger partial charge in [-0.05, 0) is 35.1 Å². The van der Waals surface area contributed by atoms with Crippen LogP contribution in [0.3, 0.4) is 0 Å². The molecule has 0 spiro atoms. The fraction of sp³-hybridized carbons (Fsp3) is 0.182. The van der Waals surface area contributed by atoms with Crippen LogP contribution in [0.25, 0.3) is 0 Å². The van der Waals surface area contributed by atoms with Crippen LogP contribution >= 0.6 is 0 Å². The Morgan fingerprint density at radius 2 is 0.762 bits per heavy atom. The molecule has 4 aromatic rings. The molecule has 0 aliphatic rings. The molecule has 0 fully saturated rings. The molecular weight excluding hydrogens is 534 g/mol. The van der Waals surface area contributed by atoms with Crippen LogP contribution in [-0.4, -0.2) is 51.4 Å². The average Bonchev–Trinajstić information content (AvgIpc) is 3.00. The number of hydrogen-bond donors (Lipinski definition) is 6. The highest BCUT2D eigenvalue weighted by atomic mass is 16.4. The van der Waals surface area contributed by atoms with Crippen molar-refractivity contribution in [3.63, 3.8) is 0 Å². The summed E-state index contributed by atoms with van der Waals surface area (Å²) in [5, 5.41) is 26.2. The lowest BCUT2D eigenvalue weighted by Gasteiger charge is -2.21. The third kappa shape index (κ3) is 11.7. The second-order valence-electron chi connectivity index (χ2n) is 9.43. The molecule has 0 bridgehead atoms. The van der Waals surface area contributed by atoms with Gasteiger partial charge in [-0.1, -0.05) is 121 Å². The van der Waals surface area contributed by atoms with Crippen LogP contribution < -0.4 is 17.2 Å². The zero-order valence-corrected chi connectivity index (χ0v) is 23.1. The van der Waals surface area contributed by atoms with E-state index in [-0.39, 0.29) is 5.92 Å².